The molecule has 1 unspecified atom stereocenters. The van der Waals surface area contributed by atoms with E-state index in [2.05, 4.69) is 16.5 Å². The Hall–Kier alpha value is -4.25. The van der Waals surface area contributed by atoms with E-state index in [0.29, 0.717) is 23.4 Å². The van der Waals surface area contributed by atoms with Crippen LogP contribution in [0.25, 0.3) is 33.1 Å². The highest BCUT2D eigenvalue weighted by Crippen LogP contribution is 2.32. The van der Waals surface area contributed by atoms with Crippen LogP contribution in [0, 0.1) is 11.3 Å². The lowest BCUT2D eigenvalue weighted by atomic mass is 10.2. The van der Waals surface area contributed by atoms with Crippen LogP contribution in [0.15, 0.2) is 54.7 Å². The molecule has 5 rings (SSSR count). The minimum atomic E-state index is -0.542. The second-order valence-corrected chi connectivity index (χ2v) is 7.33. The smallest absolute Gasteiger partial charge is 0.248 e. The Morgan fingerprint density at radius 1 is 1.13 bits per heavy atom. The first-order chi connectivity index (χ1) is 15.1. The van der Waals surface area contributed by atoms with E-state index in [1.165, 1.54) is 10.9 Å². The number of aromatic nitrogens is 5. The Morgan fingerprint density at radius 3 is 2.58 bits per heavy atom. The highest BCUT2D eigenvalue weighted by molar-refractivity contribution is 6.08. The number of benzene rings is 2. The van der Waals surface area contributed by atoms with E-state index in [1.807, 2.05) is 60.0 Å². The van der Waals surface area contributed by atoms with E-state index in [1.54, 1.807) is 7.05 Å². The summed E-state index contributed by atoms with van der Waals surface area (Å²) in [4.78, 5) is 23.1. The van der Waals surface area contributed by atoms with E-state index in [9.17, 15) is 10.1 Å². The molecule has 1 N–H and O–H groups in total. The fourth-order valence-electron chi connectivity index (χ4n) is 4.01. The molecule has 0 aliphatic rings. The van der Waals surface area contributed by atoms with Gasteiger partial charge >= 0.3 is 0 Å². The van der Waals surface area contributed by atoms with Crippen molar-refractivity contribution in [3.05, 3.63) is 60.3 Å². The number of nitrogens with one attached hydrogen (secondary N) is 1. The molecule has 31 heavy (non-hydrogen) atoms. The Kier molecular flexibility index (Phi) is 4.37. The summed E-state index contributed by atoms with van der Waals surface area (Å²) in [5.74, 6) is 0.142. The van der Waals surface area contributed by atoms with Gasteiger partial charge in [0, 0.05) is 12.4 Å². The molecule has 0 spiro atoms. The van der Waals surface area contributed by atoms with Gasteiger partial charge in [0.2, 0.25) is 5.91 Å². The fourth-order valence-corrected chi connectivity index (χ4v) is 4.01. The number of aryl methyl sites for hydroxylation is 1. The average Bonchev–Trinajstić information content (AvgIpc) is 3.30. The normalized spacial score (nSPS) is 12.3. The fraction of sp³-hybridized carbons (Fsp3) is 0.174. The molecule has 152 valence electrons. The SMILES string of the molecule is CCC(C(=O)Nc1c(C#N)cnn1C)n1c2ccccc2c2nc3ccccc3nc21. The van der Waals surface area contributed by atoms with Crippen LogP contribution in [0.3, 0.4) is 0 Å². The quantitative estimate of drug-likeness (QED) is 0.485. The molecule has 3 heterocycles. The maximum atomic E-state index is 13.4. The lowest BCUT2D eigenvalue weighted by Gasteiger charge is -2.19. The molecule has 0 aliphatic carbocycles. The predicted octanol–water partition coefficient (Wildman–Crippen LogP) is 3.93. The van der Waals surface area contributed by atoms with Crippen molar-refractivity contribution in [3.63, 3.8) is 0 Å². The monoisotopic (exact) mass is 409 g/mol. The molecule has 0 saturated heterocycles. The Morgan fingerprint density at radius 2 is 1.84 bits per heavy atom. The summed E-state index contributed by atoms with van der Waals surface area (Å²) >= 11 is 0. The zero-order chi connectivity index (χ0) is 21.5. The summed E-state index contributed by atoms with van der Waals surface area (Å²) in [6, 6.07) is 17.1. The van der Waals surface area contributed by atoms with E-state index in [0.717, 1.165) is 27.5 Å². The topological polar surface area (TPSA) is 101 Å². The number of hydrogen-bond acceptors (Lipinski definition) is 5. The Labute approximate surface area is 177 Å². The number of amides is 1. The predicted molar refractivity (Wildman–Crippen MR) is 118 cm³/mol. The van der Waals surface area contributed by atoms with Crippen LogP contribution in [0.2, 0.25) is 0 Å². The number of para-hydroxylation sites is 3. The maximum Gasteiger partial charge on any atom is 0.248 e. The number of hydrogen-bond donors (Lipinski definition) is 1. The van der Waals surface area contributed by atoms with Crippen LogP contribution >= 0.6 is 0 Å². The van der Waals surface area contributed by atoms with Crippen molar-refractivity contribution < 1.29 is 4.79 Å². The minimum absolute atomic E-state index is 0.236. The number of carbonyl (C=O) groups is 1. The first kappa shape index (κ1) is 18.8. The third-order valence-corrected chi connectivity index (χ3v) is 5.50. The molecule has 0 aliphatic heterocycles. The van der Waals surface area contributed by atoms with Gasteiger partial charge in [0.15, 0.2) is 5.65 Å². The van der Waals surface area contributed by atoms with E-state index < -0.39 is 6.04 Å². The summed E-state index contributed by atoms with van der Waals surface area (Å²) < 4.78 is 3.43. The van der Waals surface area contributed by atoms with Gasteiger partial charge in [0.05, 0.1) is 22.7 Å². The highest BCUT2D eigenvalue weighted by Gasteiger charge is 2.26. The van der Waals surface area contributed by atoms with Gasteiger partial charge in [-0.3, -0.25) is 9.48 Å². The van der Waals surface area contributed by atoms with Crippen LogP contribution < -0.4 is 5.32 Å². The number of nitrogens with zero attached hydrogens (tertiary/aromatic N) is 6. The zero-order valence-corrected chi connectivity index (χ0v) is 17.1. The first-order valence-corrected chi connectivity index (χ1v) is 10.0. The lowest BCUT2D eigenvalue weighted by molar-refractivity contribution is -0.119. The molecular weight excluding hydrogens is 390 g/mol. The van der Waals surface area contributed by atoms with Crippen LogP contribution in [0.4, 0.5) is 5.82 Å². The van der Waals surface area contributed by atoms with Gasteiger partial charge in [-0.15, -0.1) is 0 Å². The van der Waals surface area contributed by atoms with Crippen molar-refractivity contribution >= 4 is 44.8 Å². The number of carbonyl (C=O) groups excluding carboxylic acids is 1. The molecule has 1 amide bonds. The molecule has 3 aromatic heterocycles. The summed E-state index contributed by atoms with van der Waals surface area (Å²) in [7, 11) is 1.69. The van der Waals surface area contributed by atoms with Crippen molar-refractivity contribution in [2.45, 2.75) is 19.4 Å². The van der Waals surface area contributed by atoms with Gasteiger partial charge < -0.3 is 9.88 Å². The largest absolute Gasteiger partial charge is 0.311 e. The van der Waals surface area contributed by atoms with Crippen molar-refractivity contribution in [1.29, 1.82) is 5.26 Å². The van der Waals surface area contributed by atoms with Crippen LogP contribution in [-0.4, -0.2) is 30.2 Å². The molecule has 8 heteroatoms. The molecule has 0 radical (unpaired) electrons. The molecular formula is C23H19N7O. The Balaban J connectivity index is 1.71. The minimum Gasteiger partial charge on any atom is -0.311 e. The lowest BCUT2D eigenvalue weighted by Crippen LogP contribution is -2.27. The second-order valence-electron chi connectivity index (χ2n) is 7.33. The van der Waals surface area contributed by atoms with E-state index in [-0.39, 0.29) is 5.91 Å². The number of nitriles is 1. The average molecular weight is 409 g/mol. The van der Waals surface area contributed by atoms with Gasteiger partial charge in [0.25, 0.3) is 0 Å². The number of fused-ring (bicyclic) bond motifs is 4. The van der Waals surface area contributed by atoms with Crippen LogP contribution in [0.5, 0.6) is 0 Å². The first-order valence-electron chi connectivity index (χ1n) is 10.0. The van der Waals surface area contributed by atoms with Crippen molar-refractivity contribution in [1.82, 2.24) is 24.3 Å². The third kappa shape index (κ3) is 2.90. The van der Waals surface area contributed by atoms with Crippen molar-refractivity contribution in [2.24, 2.45) is 7.05 Å². The number of rotatable bonds is 4. The highest BCUT2D eigenvalue weighted by atomic mass is 16.2. The summed E-state index contributed by atoms with van der Waals surface area (Å²) in [6.07, 6.45) is 1.97. The van der Waals surface area contributed by atoms with Crippen LogP contribution in [0.1, 0.15) is 24.9 Å². The molecule has 2 aromatic carbocycles. The third-order valence-electron chi connectivity index (χ3n) is 5.50. The second kappa shape index (κ2) is 7.22. The van der Waals surface area contributed by atoms with E-state index in [4.69, 9.17) is 9.97 Å². The molecule has 8 nitrogen and oxygen atoms in total. The summed E-state index contributed by atoms with van der Waals surface area (Å²) in [6.45, 7) is 1.95. The van der Waals surface area contributed by atoms with Gasteiger partial charge in [-0.1, -0.05) is 37.3 Å². The van der Waals surface area contributed by atoms with Crippen molar-refractivity contribution in [2.75, 3.05) is 5.32 Å². The van der Waals surface area contributed by atoms with Gasteiger partial charge in [0.1, 0.15) is 29.0 Å². The number of anilines is 1. The molecule has 1 atom stereocenters. The summed E-state index contributed by atoms with van der Waals surface area (Å²) in [5.41, 5.74) is 4.21. The Bertz CT molecular complexity index is 1510. The van der Waals surface area contributed by atoms with Crippen LogP contribution in [-0.2, 0) is 11.8 Å². The van der Waals surface area contributed by atoms with Gasteiger partial charge in [-0.25, -0.2) is 9.97 Å². The molecule has 0 saturated carbocycles. The zero-order valence-electron chi connectivity index (χ0n) is 17.1. The standard InChI is InChI=1S/C23H19N7O/c1-3-18(23(31)28-21-14(12-24)13-25-29(21)2)30-19-11-7-4-8-15(19)20-22(30)27-17-10-6-5-9-16(17)26-20/h4-11,13,18H,3H2,1-2H3,(H,28,31). The van der Waals surface area contributed by atoms with Crippen molar-refractivity contribution in [3.8, 4) is 6.07 Å². The molecule has 0 bridgehead atoms. The maximum absolute atomic E-state index is 13.4. The van der Waals surface area contributed by atoms with E-state index >= 15 is 0 Å². The van der Waals surface area contributed by atoms with Gasteiger partial charge in [-0.05, 0) is 24.6 Å². The van der Waals surface area contributed by atoms with Gasteiger partial charge in [-0.2, -0.15) is 10.4 Å². The molecule has 5 aromatic rings. The summed E-state index contributed by atoms with van der Waals surface area (Å²) in [5, 5.41) is 17.2. The molecule has 0 fully saturated rings.